The lowest BCUT2D eigenvalue weighted by atomic mass is 10.0. The molecule has 1 fully saturated rings. The number of ether oxygens (including phenoxy) is 2. The van der Waals surface area contributed by atoms with Gasteiger partial charge in [-0.15, -0.1) is 12.4 Å². The predicted octanol–water partition coefficient (Wildman–Crippen LogP) is 2.20. The van der Waals surface area contributed by atoms with Crippen LogP contribution < -0.4 is 10.1 Å². The first-order valence-electron chi connectivity index (χ1n) is 5.37. The SMILES string of the molecule is CC(=O)Oc1ccc([C@H]2CCOC(=O)N2)cc1.Cl. The van der Waals surface area contributed by atoms with Crippen molar-refractivity contribution >= 4 is 24.5 Å². The maximum atomic E-state index is 11.1. The summed E-state index contributed by atoms with van der Waals surface area (Å²) in [6, 6.07) is 7.03. The molecular weight excluding hydrogens is 258 g/mol. The molecule has 1 heterocycles. The molecule has 1 amide bonds. The summed E-state index contributed by atoms with van der Waals surface area (Å²) >= 11 is 0. The Hall–Kier alpha value is -1.75. The van der Waals surface area contributed by atoms with E-state index in [0.29, 0.717) is 12.4 Å². The molecular formula is C12H14ClNO4. The van der Waals surface area contributed by atoms with Gasteiger partial charge < -0.3 is 14.8 Å². The summed E-state index contributed by atoms with van der Waals surface area (Å²) in [5.74, 6) is 0.150. The zero-order valence-corrected chi connectivity index (χ0v) is 10.7. The molecule has 0 radical (unpaired) electrons. The third kappa shape index (κ3) is 3.63. The summed E-state index contributed by atoms with van der Waals surface area (Å²) in [6.45, 7) is 1.77. The second kappa shape index (κ2) is 6.26. The van der Waals surface area contributed by atoms with Crippen molar-refractivity contribution in [1.82, 2.24) is 5.32 Å². The summed E-state index contributed by atoms with van der Waals surface area (Å²) in [4.78, 5) is 21.8. The van der Waals surface area contributed by atoms with Crippen LogP contribution in [0.3, 0.4) is 0 Å². The van der Waals surface area contributed by atoms with Gasteiger partial charge in [0, 0.05) is 13.3 Å². The van der Waals surface area contributed by atoms with Gasteiger partial charge in [-0.05, 0) is 17.7 Å². The zero-order chi connectivity index (χ0) is 12.3. The van der Waals surface area contributed by atoms with E-state index in [4.69, 9.17) is 9.47 Å². The maximum Gasteiger partial charge on any atom is 0.407 e. The van der Waals surface area contributed by atoms with Crippen molar-refractivity contribution in [3.05, 3.63) is 29.8 Å². The molecule has 0 saturated carbocycles. The molecule has 0 spiro atoms. The molecule has 98 valence electrons. The second-order valence-corrected chi connectivity index (χ2v) is 3.78. The lowest BCUT2D eigenvalue weighted by Crippen LogP contribution is -2.35. The Balaban J connectivity index is 0.00000162. The number of carbonyl (C=O) groups is 2. The number of carbonyl (C=O) groups excluding carboxylic acids is 2. The molecule has 18 heavy (non-hydrogen) atoms. The van der Waals surface area contributed by atoms with Crippen LogP contribution in [0.2, 0.25) is 0 Å². The molecule has 1 aromatic rings. The molecule has 1 aromatic carbocycles. The van der Waals surface area contributed by atoms with E-state index >= 15 is 0 Å². The number of benzene rings is 1. The molecule has 1 saturated heterocycles. The minimum absolute atomic E-state index is 0. The first kappa shape index (κ1) is 14.3. The van der Waals surface area contributed by atoms with Crippen LogP contribution in [0.25, 0.3) is 0 Å². The number of esters is 1. The quantitative estimate of drug-likeness (QED) is 0.662. The largest absolute Gasteiger partial charge is 0.449 e. The van der Waals surface area contributed by atoms with Crippen LogP contribution in [0.15, 0.2) is 24.3 Å². The number of hydrogen-bond acceptors (Lipinski definition) is 4. The normalized spacial score (nSPS) is 18.1. The fraction of sp³-hybridized carbons (Fsp3) is 0.333. The summed E-state index contributed by atoms with van der Waals surface area (Å²) in [5.41, 5.74) is 0.970. The van der Waals surface area contributed by atoms with Crippen LogP contribution in [0, 0.1) is 0 Å². The molecule has 1 atom stereocenters. The smallest absolute Gasteiger partial charge is 0.407 e. The topological polar surface area (TPSA) is 64.6 Å². The van der Waals surface area contributed by atoms with E-state index in [0.717, 1.165) is 12.0 Å². The van der Waals surface area contributed by atoms with Gasteiger partial charge in [-0.25, -0.2) is 4.79 Å². The minimum Gasteiger partial charge on any atom is -0.449 e. The molecule has 1 aliphatic heterocycles. The maximum absolute atomic E-state index is 11.1. The van der Waals surface area contributed by atoms with Gasteiger partial charge in [0.1, 0.15) is 5.75 Å². The number of halogens is 1. The standard InChI is InChI=1S/C12H13NO4.ClH/c1-8(14)17-10-4-2-9(3-5-10)11-6-7-16-12(15)13-11;/h2-5,11H,6-7H2,1H3,(H,13,15);1H/t11-;/m1./s1. The van der Waals surface area contributed by atoms with E-state index in [2.05, 4.69) is 5.32 Å². The van der Waals surface area contributed by atoms with Gasteiger partial charge in [-0.3, -0.25) is 4.79 Å². The van der Waals surface area contributed by atoms with Crippen molar-refractivity contribution in [2.45, 2.75) is 19.4 Å². The average Bonchev–Trinajstić information content (AvgIpc) is 2.29. The summed E-state index contributed by atoms with van der Waals surface area (Å²) < 4.78 is 9.71. The summed E-state index contributed by atoms with van der Waals surface area (Å²) in [7, 11) is 0. The van der Waals surface area contributed by atoms with Crippen molar-refractivity contribution in [2.75, 3.05) is 6.61 Å². The van der Waals surface area contributed by atoms with Crippen LogP contribution in [0.4, 0.5) is 4.79 Å². The fourth-order valence-electron chi connectivity index (χ4n) is 1.71. The summed E-state index contributed by atoms with van der Waals surface area (Å²) in [6.07, 6.45) is 0.337. The Morgan fingerprint density at radius 1 is 1.39 bits per heavy atom. The third-order valence-electron chi connectivity index (χ3n) is 2.48. The Labute approximate surface area is 111 Å². The van der Waals surface area contributed by atoms with Crippen molar-refractivity contribution < 1.29 is 19.1 Å². The molecule has 0 bridgehead atoms. The van der Waals surface area contributed by atoms with E-state index in [1.165, 1.54) is 6.92 Å². The van der Waals surface area contributed by atoms with Crippen LogP contribution in [0.5, 0.6) is 5.75 Å². The lowest BCUT2D eigenvalue weighted by molar-refractivity contribution is -0.131. The molecule has 2 rings (SSSR count). The van der Waals surface area contributed by atoms with Gasteiger partial charge in [0.05, 0.1) is 12.6 Å². The first-order valence-corrected chi connectivity index (χ1v) is 5.37. The van der Waals surface area contributed by atoms with E-state index < -0.39 is 6.09 Å². The zero-order valence-electron chi connectivity index (χ0n) is 9.84. The lowest BCUT2D eigenvalue weighted by Gasteiger charge is -2.23. The van der Waals surface area contributed by atoms with E-state index in [1.54, 1.807) is 12.1 Å². The number of hydrogen-bond donors (Lipinski definition) is 1. The van der Waals surface area contributed by atoms with E-state index in [9.17, 15) is 9.59 Å². The van der Waals surface area contributed by atoms with Crippen molar-refractivity contribution in [3.63, 3.8) is 0 Å². The van der Waals surface area contributed by atoms with Crippen LogP contribution >= 0.6 is 12.4 Å². The molecule has 0 aromatic heterocycles. The highest BCUT2D eigenvalue weighted by Crippen LogP contribution is 2.22. The molecule has 5 nitrogen and oxygen atoms in total. The van der Waals surface area contributed by atoms with E-state index in [1.807, 2.05) is 12.1 Å². The molecule has 6 heteroatoms. The molecule has 1 N–H and O–H groups in total. The Morgan fingerprint density at radius 3 is 2.61 bits per heavy atom. The van der Waals surface area contributed by atoms with Crippen LogP contribution in [-0.4, -0.2) is 18.7 Å². The molecule has 0 unspecified atom stereocenters. The van der Waals surface area contributed by atoms with Crippen molar-refractivity contribution in [2.24, 2.45) is 0 Å². The predicted molar refractivity (Wildman–Crippen MR) is 66.8 cm³/mol. The highest BCUT2D eigenvalue weighted by Gasteiger charge is 2.20. The highest BCUT2D eigenvalue weighted by atomic mass is 35.5. The van der Waals surface area contributed by atoms with Gasteiger partial charge >= 0.3 is 12.1 Å². The van der Waals surface area contributed by atoms with Gasteiger partial charge in [-0.2, -0.15) is 0 Å². The minimum atomic E-state index is -0.398. The molecule has 0 aliphatic carbocycles. The second-order valence-electron chi connectivity index (χ2n) is 3.78. The number of amides is 1. The van der Waals surface area contributed by atoms with Gasteiger partial charge in [-0.1, -0.05) is 12.1 Å². The summed E-state index contributed by atoms with van der Waals surface area (Å²) in [5, 5.41) is 2.72. The average molecular weight is 272 g/mol. The number of alkyl carbamates (subject to hydrolysis) is 1. The van der Waals surface area contributed by atoms with Gasteiger partial charge in [0.15, 0.2) is 0 Å². The number of cyclic esters (lactones) is 1. The van der Waals surface area contributed by atoms with E-state index in [-0.39, 0.29) is 24.4 Å². The third-order valence-corrected chi connectivity index (χ3v) is 2.48. The number of nitrogens with one attached hydrogen (secondary N) is 1. The van der Waals surface area contributed by atoms with Crippen LogP contribution in [-0.2, 0) is 9.53 Å². The van der Waals surface area contributed by atoms with Gasteiger partial charge in [0.25, 0.3) is 0 Å². The van der Waals surface area contributed by atoms with Crippen LogP contribution in [0.1, 0.15) is 24.9 Å². The van der Waals surface area contributed by atoms with Gasteiger partial charge in [0.2, 0.25) is 0 Å². The fourth-order valence-corrected chi connectivity index (χ4v) is 1.71. The molecule has 1 aliphatic rings. The Morgan fingerprint density at radius 2 is 2.06 bits per heavy atom. The monoisotopic (exact) mass is 271 g/mol. The number of rotatable bonds is 2. The Bertz CT molecular complexity index is 432. The Kier molecular flexibility index (Phi) is 4.97. The highest BCUT2D eigenvalue weighted by molar-refractivity contribution is 5.85. The first-order chi connectivity index (χ1) is 8.15. The van der Waals surface area contributed by atoms with Crippen molar-refractivity contribution in [3.8, 4) is 5.75 Å². The van der Waals surface area contributed by atoms with Crippen molar-refractivity contribution in [1.29, 1.82) is 0 Å².